The van der Waals surface area contributed by atoms with Crippen molar-refractivity contribution >= 4 is 5.69 Å². The molecule has 94 valence electrons. The maximum Gasteiger partial charge on any atom is 0.140 e. The lowest BCUT2D eigenvalue weighted by molar-refractivity contribution is 0.311. The van der Waals surface area contributed by atoms with Gasteiger partial charge in [-0.2, -0.15) is 0 Å². The summed E-state index contributed by atoms with van der Waals surface area (Å²) < 4.78 is 5.67. The third-order valence-electron chi connectivity index (χ3n) is 2.64. The van der Waals surface area contributed by atoms with Gasteiger partial charge in [-0.05, 0) is 37.6 Å². The Morgan fingerprint density at radius 3 is 2.72 bits per heavy atom. The first kappa shape index (κ1) is 12.4. The molecule has 18 heavy (non-hydrogen) atoms. The number of rotatable bonds is 6. The molecule has 0 bridgehead atoms. The van der Waals surface area contributed by atoms with Crippen molar-refractivity contribution in [3.63, 3.8) is 0 Å². The van der Waals surface area contributed by atoms with Gasteiger partial charge in [0.25, 0.3) is 0 Å². The zero-order valence-corrected chi connectivity index (χ0v) is 10.6. The Morgan fingerprint density at radius 2 is 1.94 bits per heavy atom. The van der Waals surface area contributed by atoms with Crippen molar-refractivity contribution in [1.29, 1.82) is 0 Å². The van der Waals surface area contributed by atoms with Crippen LogP contribution in [0.15, 0.2) is 48.7 Å². The van der Waals surface area contributed by atoms with E-state index >= 15 is 0 Å². The Hall–Kier alpha value is -2.03. The third kappa shape index (κ3) is 3.77. The first-order valence-corrected chi connectivity index (χ1v) is 6.19. The van der Waals surface area contributed by atoms with Gasteiger partial charge in [0.1, 0.15) is 5.75 Å². The second-order valence-electron chi connectivity index (χ2n) is 4.08. The van der Waals surface area contributed by atoms with E-state index in [0.29, 0.717) is 6.61 Å². The van der Waals surface area contributed by atoms with Crippen LogP contribution in [0.5, 0.6) is 5.75 Å². The number of nitrogens with zero attached hydrogens (tertiary/aromatic N) is 1. The quantitative estimate of drug-likeness (QED) is 0.789. The first-order valence-electron chi connectivity index (χ1n) is 6.19. The molecule has 0 unspecified atom stereocenters. The molecule has 0 saturated carbocycles. The smallest absolute Gasteiger partial charge is 0.140 e. The average molecular weight is 242 g/mol. The summed E-state index contributed by atoms with van der Waals surface area (Å²) in [6.07, 6.45) is 2.74. The minimum absolute atomic E-state index is 0.701. The number of nitrogens with one attached hydrogen (secondary N) is 1. The summed E-state index contributed by atoms with van der Waals surface area (Å²) >= 11 is 0. The molecule has 3 heteroatoms. The molecule has 2 aromatic rings. The van der Waals surface area contributed by atoms with E-state index in [4.69, 9.17) is 4.74 Å². The Balaban J connectivity index is 1.66. The Labute approximate surface area is 108 Å². The second kappa shape index (κ2) is 6.64. The van der Waals surface area contributed by atoms with E-state index in [0.717, 1.165) is 30.1 Å². The molecule has 0 saturated heterocycles. The second-order valence-corrected chi connectivity index (χ2v) is 4.08. The predicted octanol–water partition coefficient (Wildman–Crippen LogP) is 3.27. The van der Waals surface area contributed by atoms with Crippen LogP contribution in [0.1, 0.15) is 12.1 Å². The normalized spacial score (nSPS) is 10.1. The van der Waals surface area contributed by atoms with Crippen molar-refractivity contribution in [3.05, 3.63) is 54.4 Å². The molecule has 0 aliphatic rings. The van der Waals surface area contributed by atoms with Crippen LogP contribution in [-0.4, -0.2) is 18.1 Å². The molecule has 0 aliphatic carbocycles. The molecule has 1 aromatic carbocycles. The van der Waals surface area contributed by atoms with Gasteiger partial charge in [0.2, 0.25) is 0 Å². The highest BCUT2D eigenvalue weighted by atomic mass is 16.5. The lowest BCUT2D eigenvalue weighted by Gasteiger charge is -2.09. The topological polar surface area (TPSA) is 34.1 Å². The number of anilines is 1. The monoisotopic (exact) mass is 242 g/mol. The van der Waals surface area contributed by atoms with E-state index in [1.54, 1.807) is 6.20 Å². The minimum Gasteiger partial charge on any atom is -0.492 e. The lowest BCUT2D eigenvalue weighted by atomic mass is 10.3. The highest BCUT2D eigenvalue weighted by molar-refractivity contribution is 5.42. The van der Waals surface area contributed by atoms with Crippen LogP contribution in [0.25, 0.3) is 0 Å². The van der Waals surface area contributed by atoms with E-state index in [9.17, 15) is 0 Å². The van der Waals surface area contributed by atoms with Gasteiger partial charge in [-0.15, -0.1) is 0 Å². The van der Waals surface area contributed by atoms with Crippen molar-refractivity contribution in [2.24, 2.45) is 0 Å². The molecular formula is C15H18N2O. The van der Waals surface area contributed by atoms with E-state index in [2.05, 4.69) is 22.4 Å². The highest BCUT2D eigenvalue weighted by Crippen LogP contribution is 2.13. The van der Waals surface area contributed by atoms with Crippen LogP contribution in [0.4, 0.5) is 5.69 Å². The van der Waals surface area contributed by atoms with Gasteiger partial charge < -0.3 is 10.1 Å². The van der Waals surface area contributed by atoms with Gasteiger partial charge in [-0.25, -0.2) is 0 Å². The molecular weight excluding hydrogens is 224 g/mol. The zero-order chi connectivity index (χ0) is 12.6. The number of aromatic nitrogens is 1. The summed E-state index contributed by atoms with van der Waals surface area (Å²) in [6, 6.07) is 14.0. The number of hydrogen-bond acceptors (Lipinski definition) is 3. The maximum atomic E-state index is 5.67. The molecule has 2 rings (SSSR count). The number of pyridine rings is 1. The van der Waals surface area contributed by atoms with Gasteiger partial charge in [0.15, 0.2) is 0 Å². The summed E-state index contributed by atoms with van der Waals surface area (Å²) in [5.41, 5.74) is 2.09. The molecule has 0 atom stereocenters. The fourth-order valence-electron chi connectivity index (χ4n) is 1.67. The van der Waals surface area contributed by atoms with Crippen molar-refractivity contribution in [2.45, 2.75) is 13.3 Å². The van der Waals surface area contributed by atoms with Crippen LogP contribution in [-0.2, 0) is 0 Å². The van der Waals surface area contributed by atoms with E-state index < -0.39 is 0 Å². The van der Waals surface area contributed by atoms with Gasteiger partial charge in [-0.1, -0.05) is 18.2 Å². The van der Waals surface area contributed by atoms with Gasteiger partial charge in [-0.3, -0.25) is 4.98 Å². The first-order chi connectivity index (χ1) is 8.86. The summed E-state index contributed by atoms with van der Waals surface area (Å²) in [5.74, 6) is 0.872. The maximum absolute atomic E-state index is 5.67. The lowest BCUT2D eigenvalue weighted by Crippen LogP contribution is -2.07. The molecule has 0 fully saturated rings. The van der Waals surface area contributed by atoms with Crippen LogP contribution >= 0.6 is 0 Å². The van der Waals surface area contributed by atoms with Crippen molar-refractivity contribution in [3.8, 4) is 5.75 Å². The van der Waals surface area contributed by atoms with Gasteiger partial charge >= 0.3 is 0 Å². The van der Waals surface area contributed by atoms with Crippen LogP contribution in [0.2, 0.25) is 0 Å². The summed E-state index contributed by atoms with van der Waals surface area (Å²) in [7, 11) is 0. The molecule has 1 heterocycles. The molecule has 0 spiro atoms. The molecule has 3 nitrogen and oxygen atoms in total. The SMILES string of the molecule is Cc1ncccc1OCCCNc1ccccc1. The Kier molecular flexibility index (Phi) is 4.59. The number of hydrogen-bond donors (Lipinski definition) is 1. The Morgan fingerprint density at radius 1 is 1.11 bits per heavy atom. The number of ether oxygens (including phenoxy) is 1. The fourth-order valence-corrected chi connectivity index (χ4v) is 1.67. The molecule has 0 amide bonds. The summed E-state index contributed by atoms with van der Waals surface area (Å²) in [5, 5.41) is 3.35. The molecule has 1 N–H and O–H groups in total. The van der Waals surface area contributed by atoms with E-state index in [1.165, 1.54) is 0 Å². The van der Waals surface area contributed by atoms with Gasteiger partial charge in [0, 0.05) is 18.4 Å². The zero-order valence-electron chi connectivity index (χ0n) is 10.6. The highest BCUT2D eigenvalue weighted by Gasteiger charge is 1.98. The number of benzene rings is 1. The average Bonchev–Trinajstić information content (AvgIpc) is 2.42. The predicted molar refractivity (Wildman–Crippen MR) is 74.0 cm³/mol. The van der Waals surface area contributed by atoms with E-state index in [1.807, 2.05) is 37.3 Å². The summed E-state index contributed by atoms with van der Waals surface area (Å²) in [6.45, 7) is 3.56. The van der Waals surface area contributed by atoms with E-state index in [-0.39, 0.29) is 0 Å². The molecule has 0 radical (unpaired) electrons. The number of aryl methyl sites for hydroxylation is 1. The van der Waals surface area contributed by atoms with Crippen molar-refractivity contribution < 1.29 is 4.74 Å². The van der Waals surface area contributed by atoms with Crippen LogP contribution < -0.4 is 10.1 Å². The number of para-hydroxylation sites is 1. The summed E-state index contributed by atoms with van der Waals surface area (Å²) in [4.78, 5) is 4.18. The fraction of sp³-hybridized carbons (Fsp3) is 0.267. The largest absolute Gasteiger partial charge is 0.492 e. The molecule has 0 aliphatic heterocycles. The standard InChI is InChI=1S/C15H18N2O/c1-13-15(9-5-10-16-13)18-12-6-11-17-14-7-3-2-4-8-14/h2-5,7-10,17H,6,11-12H2,1H3. The van der Waals surface area contributed by atoms with Crippen molar-refractivity contribution in [2.75, 3.05) is 18.5 Å². The minimum atomic E-state index is 0.701. The van der Waals surface area contributed by atoms with Crippen molar-refractivity contribution in [1.82, 2.24) is 4.98 Å². The van der Waals surface area contributed by atoms with Crippen LogP contribution in [0.3, 0.4) is 0 Å². The Bertz CT molecular complexity index is 471. The molecule has 1 aromatic heterocycles. The third-order valence-corrected chi connectivity index (χ3v) is 2.64. The van der Waals surface area contributed by atoms with Gasteiger partial charge in [0.05, 0.1) is 12.3 Å². The van der Waals surface area contributed by atoms with Crippen LogP contribution in [0, 0.1) is 6.92 Å².